The highest BCUT2D eigenvalue weighted by Gasteiger charge is 2.08. The molecule has 0 bridgehead atoms. The predicted octanol–water partition coefficient (Wildman–Crippen LogP) is -0.831. The Kier molecular flexibility index (Phi) is 4.93. The zero-order valence-corrected chi connectivity index (χ0v) is 10.2. The van der Waals surface area contributed by atoms with E-state index >= 15 is 0 Å². The predicted molar refractivity (Wildman–Crippen MR) is 67.1 cm³/mol. The minimum absolute atomic E-state index is 0.0730. The van der Waals surface area contributed by atoms with Crippen molar-refractivity contribution in [2.75, 3.05) is 6.54 Å². The summed E-state index contributed by atoms with van der Waals surface area (Å²) >= 11 is 0. The fraction of sp³-hybridized carbons (Fsp3) is 0.417. The van der Waals surface area contributed by atoms with Crippen molar-refractivity contribution in [3.05, 3.63) is 33.1 Å². The van der Waals surface area contributed by atoms with E-state index in [1.54, 1.807) is 0 Å². The lowest BCUT2D eigenvalue weighted by Crippen LogP contribution is -2.43. The summed E-state index contributed by atoms with van der Waals surface area (Å²) in [6.45, 7) is 2.18. The maximum atomic E-state index is 11.9. The number of rotatable bonds is 5. The van der Waals surface area contributed by atoms with E-state index in [0.717, 1.165) is 11.0 Å². The van der Waals surface area contributed by atoms with E-state index in [4.69, 9.17) is 6.42 Å². The summed E-state index contributed by atoms with van der Waals surface area (Å²) < 4.78 is 2.29. The quantitative estimate of drug-likeness (QED) is 0.692. The van der Waals surface area contributed by atoms with Crippen molar-refractivity contribution in [3.8, 4) is 12.3 Å². The Bertz CT molecular complexity index is 577. The first-order valence-corrected chi connectivity index (χ1v) is 5.60. The summed E-state index contributed by atoms with van der Waals surface area (Å²) in [5, 5.41) is 2.40. The van der Waals surface area contributed by atoms with Crippen LogP contribution in [0, 0.1) is 12.3 Å². The van der Waals surface area contributed by atoms with Gasteiger partial charge in [0.25, 0.3) is 5.56 Å². The third-order valence-corrected chi connectivity index (χ3v) is 2.29. The number of nitrogens with zero attached hydrogens (tertiary/aromatic N) is 2. The number of terminal acetylenes is 1. The molecule has 0 saturated heterocycles. The first-order chi connectivity index (χ1) is 8.60. The molecule has 0 aliphatic heterocycles. The maximum absolute atomic E-state index is 11.9. The highest BCUT2D eigenvalue weighted by atomic mass is 16.2. The molecule has 18 heavy (non-hydrogen) atoms. The van der Waals surface area contributed by atoms with Crippen molar-refractivity contribution in [1.82, 2.24) is 14.5 Å². The molecule has 0 fully saturated rings. The Morgan fingerprint density at radius 2 is 2.22 bits per heavy atom. The number of carbonyl (C=O) groups is 1. The van der Waals surface area contributed by atoms with E-state index in [1.807, 2.05) is 6.92 Å². The van der Waals surface area contributed by atoms with Gasteiger partial charge in [-0.3, -0.25) is 14.2 Å². The van der Waals surface area contributed by atoms with Gasteiger partial charge in [0.15, 0.2) is 0 Å². The van der Waals surface area contributed by atoms with Gasteiger partial charge in [-0.25, -0.2) is 4.79 Å². The molecule has 96 valence electrons. The van der Waals surface area contributed by atoms with Crippen LogP contribution in [0.5, 0.6) is 0 Å². The summed E-state index contributed by atoms with van der Waals surface area (Å²) in [7, 11) is 0. The van der Waals surface area contributed by atoms with Crippen molar-refractivity contribution in [2.24, 2.45) is 0 Å². The molecule has 0 atom stereocenters. The molecular weight excluding hydrogens is 234 g/mol. The van der Waals surface area contributed by atoms with Gasteiger partial charge in [-0.1, -0.05) is 12.8 Å². The summed E-state index contributed by atoms with van der Waals surface area (Å²) in [5.74, 6) is 1.79. The lowest BCUT2D eigenvalue weighted by molar-refractivity contribution is -0.121. The van der Waals surface area contributed by atoms with E-state index in [9.17, 15) is 14.4 Å². The molecule has 6 heteroatoms. The van der Waals surface area contributed by atoms with Gasteiger partial charge in [0.05, 0.1) is 6.54 Å². The van der Waals surface area contributed by atoms with Crippen LogP contribution in [0.4, 0.5) is 0 Å². The van der Waals surface area contributed by atoms with Crippen LogP contribution < -0.4 is 16.6 Å². The molecule has 0 aromatic carbocycles. The van der Waals surface area contributed by atoms with Gasteiger partial charge >= 0.3 is 5.69 Å². The number of amides is 1. The molecule has 0 aliphatic carbocycles. The van der Waals surface area contributed by atoms with Crippen LogP contribution in [0.2, 0.25) is 0 Å². The van der Waals surface area contributed by atoms with E-state index in [1.165, 1.54) is 16.8 Å². The molecule has 6 nitrogen and oxygen atoms in total. The summed E-state index contributed by atoms with van der Waals surface area (Å²) in [6.07, 6.45) is 7.19. The molecule has 1 rings (SSSR count). The normalized spacial score (nSPS) is 9.78. The number of nitrogens with one attached hydrogen (secondary N) is 1. The Morgan fingerprint density at radius 1 is 1.50 bits per heavy atom. The molecule has 0 aliphatic rings. The van der Waals surface area contributed by atoms with Gasteiger partial charge in [-0.15, -0.1) is 6.42 Å². The Balaban J connectivity index is 2.98. The molecule has 1 aromatic rings. The standard InChI is InChI=1S/C12H15N3O3/c1-3-6-13-10(16)9-15-11(17)5-8-14(7-4-2)12(15)18/h1,5,8H,4,6-7,9H2,2H3,(H,13,16). The lowest BCUT2D eigenvalue weighted by atomic mass is 10.4. The van der Waals surface area contributed by atoms with Gasteiger partial charge in [-0.2, -0.15) is 0 Å². The lowest BCUT2D eigenvalue weighted by Gasteiger charge is -2.08. The van der Waals surface area contributed by atoms with Crippen LogP contribution in [0.1, 0.15) is 13.3 Å². The van der Waals surface area contributed by atoms with E-state index in [2.05, 4.69) is 11.2 Å². The largest absolute Gasteiger partial charge is 0.344 e. The molecule has 1 aromatic heterocycles. The van der Waals surface area contributed by atoms with Crippen LogP contribution in [-0.4, -0.2) is 21.6 Å². The van der Waals surface area contributed by atoms with Crippen molar-refractivity contribution in [2.45, 2.75) is 26.4 Å². The number of hydrogen-bond acceptors (Lipinski definition) is 3. The smallest absolute Gasteiger partial charge is 0.331 e. The van der Waals surface area contributed by atoms with Crippen molar-refractivity contribution < 1.29 is 4.79 Å². The Morgan fingerprint density at radius 3 is 2.83 bits per heavy atom. The average molecular weight is 249 g/mol. The average Bonchev–Trinajstić information content (AvgIpc) is 2.35. The van der Waals surface area contributed by atoms with Crippen molar-refractivity contribution in [1.29, 1.82) is 0 Å². The second kappa shape index (κ2) is 6.45. The van der Waals surface area contributed by atoms with Crippen LogP contribution in [-0.2, 0) is 17.9 Å². The zero-order chi connectivity index (χ0) is 13.5. The third kappa shape index (κ3) is 3.35. The Hall–Kier alpha value is -2.29. The second-order valence-corrected chi connectivity index (χ2v) is 3.70. The number of hydrogen-bond donors (Lipinski definition) is 1. The van der Waals surface area contributed by atoms with E-state index < -0.39 is 17.2 Å². The third-order valence-electron chi connectivity index (χ3n) is 2.29. The molecule has 0 spiro atoms. The molecular formula is C12H15N3O3. The minimum atomic E-state index is -0.497. The molecule has 0 radical (unpaired) electrons. The summed E-state index contributed by atoms with van der Waals surface area (Å²) in [5.41, 5.74) is -0.983. The highest BCUT2D eigenvalue weighted by molar-refractivity contribution is 5.75. The van der Waals surface area contributed by atoms with Gasteiger partial charge in [0.1, 0.15) is 6.54 Å². The molecule has 1 N–H and O–H groups in total. The highest BCUT2D eigenvalue weighted by Crippen LogP contribution is 1.84. The fourth-order valence-corrected chi connectivity index (χ4v) is 1.46. The number of carbonyl (C=O) groups excluding carboxylic acids is 1. The van der Waals surface area contributed by atoms with Crippen LogP contribution in [0.15, 0.2) is 21.9 Å². The fourth-order valence-electron chi connectivity index (χ4n) is 1.46. The van der Waals surface area contributed by atoms with Crippen LogP contribution in [0.25, 0.3) is 0 Å². The monoisotopic (exact) mass is 249 g/mol. The molecule has 0 saturated carbocycles. The SMILES string of the molecule is C#CCNC(=O)Cn1c(=O)ccn(CCC)c1=O. The first-order valence-electron chi connectivity index (χ1n) is 5.60. The zero-order valence-electron chi connectivity index (χ0n) is 10.2. The molecule has 0 unspecified atom stereocenters. The van der Waals surface area contributed by atoms with Gasteiger partial charge in [0, 0.05) is 18.8 Å². The maximum Gasteiger partial charge on any atom is 0.331 e. The van der Waals surface area contributed by atoms with Crippen LogP contribution in [0.3, 0.4) is 0 Å². The van der Waals surface area contributed by atoms with E-state index in [-0.39, 0.29) is 13.1 Å². The van der Waals surface area contributed by atoms with Crippen molar-refractivity contribution >= 4 is 5.91 Å². The Labute approximate surface area is 104 Å². The van der Waals surface area contributed by atoms with E-state index in [0.29, 0.717) is 6.54 Å². The number of aryl methyl sites for hydroxylation is 1. The van der Waals surface area contributed by atoms with Gasteiger partial charge < -0.3 is 9.88 Å². The summed E-state index contributed by atoms with van der Waals surface area (Å²) in [6, 6.07) is 1.27. The number of aromatic nitrogens is 2. The van der Waals surface area contributed by atoms with Gasteiger partial charge in [0.2, 0.25) is 5.91 Å². The minimum Gasteiger partial charge on any atom is -0.344 e. The van der Waals surface area contributed by atoms with Crippen molar-refractivity contribution in [3.63, 3.8) is 0 Å². The first kappa shape index (κ1) is 13.8. The van der Waals surface area contributed by atoms with Crippen LogP contribution >= 0.6 is 0 Å². The second-order valence-electron chi connectivity index (χ2n) is 3.70. The molecule has 1 amide bonds. The summed E-state index contributed by atoms with van der Waals surface area (Å²) in [4.78, 5) is 34.9. The molecule has 1 heterocycles. The topological polar surface area (TPSA) is 73.1 Å². The van der Waals surface area contributed by atoms with Gasteiger partial charge in [-0.05, 0) is 6.42 Å².